The van der Waals surface area contributed by atoms with Crippen LogP contribution in [0.4, 0.5) is 13.2 Å². The second kappa shape index (κ2) is 6.49. The number of methoxy groups -OCH3 is 1. The molecule has 21 heavy (non-hydrogen) atoms. The van der Waals surface area contributed by atoms with Gasteiger partial charge in [0.25, 0.3) is 0 Å². The molecule has 6 heteroatoms. The first-order valence-electron chi connectivity index (χ1n) is 6.13. The van der Waals surface area contributed by atoms with E-state index in [1.165, 1.54) is 32.4 Å². The largest absolute Gasteiger partial charge is 0.496 e. The van der Waals surface area contributed by atoms with E-state index >= 15 is 0 Å². The summed E-state index contributed by atoms with van der Waals surface area (Å²) >= 11 is 3.03. The molecule has 1 N–H and O–H groups in total. The molecule has 2 aromatic rings. The maximum Gasteiger partial charge on any atom is 0.132 e. The molecule has 2 rings (SSSR count). The van der Waals surface area contributed by atoms with Crippen LogP contribution in [0.3, 0.4) is 0 Å². The Bertz CT molecular complexity index is 640. The second-order valence-corrected chi connectivity index (χ2v) is 5.31. The highest BCUT2D eigenvalue weighted by atomic mass is 79.9. The maximum atomic E-state index is 14.1. The molecule has 0 aliphatic carbocycles. The third-order valence-corrected chi connectivity index (χ3v) is 3.58. The van der Waals surface area contributed by atoms with E-state index in [4.69, 9.17) is 4.74 Å². The van der Waals surface area contributed by atoms with Crippen molar-refractivity contribution in [3.05, 3.63) is 63.4 Å². The highest BCUT2D eigenvalue weighted by molar-refractivity contribution is 9.10. The fourth-order valence-corrected chi connectivity index (χ4v) is 2.62. The van der Waals surface area contributed by atoms with Gasteiger partial charge in [0.05, 0.1) is 13.2 Å². The van der Waals surface area contributed by atoms with Crippen LogP contribution in [0.2, 0.25) is 0 Å². The highest BCUT2D eigenvalue weighted by Crippen LogP contribution is 2.34. The number of benzene rings is 2. The van der Waals surface area contributed by atoms with Crippen molar-refractivity contribution in [1.29, 1.82) is 0 Å². The Labute approximate surface area is 129 Å². The number of halogens is 4. The van der Waals surface area contributed by atoms with E-state index in [-0.39, 0.29) is 5.56 Å². The third kappa shape index (κ3) is 3.22. The Morgan fingerprint density at radius 1 is 1.10 bits per heavy atom. The molecule has 1 atom stereocenters. The summed E-state index contributed by atoms with van der Waals surface area (Å²) in [6.45, 7) is 0. The molecule has 0 radical (unpaired) electrons. The molecule has 112 valence electrons. The summed E-state index contributed by atoms with van der Waals surface area (Å²) in [5, 5.41) is 2.80. The summed E-state index contributed by atoms with van der Waals surface area (Å²) < 4.78 is 47.2. The lowest BCUT2D eigenvalue weighted by atomic mass is 9.96. The summed E-state index contributed by atoms with van der Waals surface area (Å²) in [5.41, 5.74) is 0.129. The Kier molecular flexibility index (Phi) is 4.90. The summed E-state index contributed by atoms with van der Waals surface area (Å²) in [7, 11) is 2.95. The number of hydrogen-bond donors (Lipinski definition) is 1. The van der Waals surface area contributed by atoms with Gasteiger partial charge >= 0.3 is 0 Å². The van der Waals surface area contributed by atoms with Crippen LogP contribution in [0.5, 0.6) is 5.75 Å². The number of hydrogen-bond acceptors (Lipinski definition) is 2. The predicted molar refractivity (Wildman–Crippen MR) is 77.9 cm³/mol. The lowest BCUT2D eigenvalue weighted by Gasteiger charge is -2.21. The molecule has 0 aliphatic heterocycles. The first kappa shape index (κ1) is 15.9. The van der Waals surface area contributed by atoms with E-state index in [1.807, 2.05) is 0 Å². The molecule has 0 saturated carbocycles. The van der Waals surface area contributed by atoms with Crippen molar-refractivity contribution in [2.24, 2.45) is 0 Å². The Hall–Kier alpha value is -1.53. The first-order chi connectivity index (χ1) is 9.97. The van der Waals surface area contributed by atoms with E-state index in [9.17, 15) is 13.2 Å². The zero-order valence-electron chi connectivity index (χ0n) is 11.4. The van der Waals surface area contributed by atoms with Crippen LogP contribution in [0.25, 0.3) is 0 Å². The maximum absolute atomic E-state index is 14.1. The summed E-state index contributed by atoms with van der Waals surface area (Å²) in [5.74, 6) is -1.62. The monoisotopic (exact) mass is 359 g/mol. The average Bonchev–Trinajstić information content (AvgIpc) is 2.42. The fraction of sp³-hybridized carbons (Fsp3) is 0.200. The zero-order valence-corrected chi connectivity index (χ0v) is 13.0. The van der Waals surface area contributed by atoms with E-state index < -0.39 is 23.5 Å². The summed E-state index contributed by atoms with van der Waals surface area (Å²) in [6, 6.07) is 5.29. The summed E-state index contributed by atoms with van der Waals surface area (Å²) in [6.07, 6.45) is 0. The topological polar surface area (TPSA) is 21.3 Å². The van der Waals surface area contributed by atoms with Crippen molar-refractivity contribution < 1.29 is 17.9 Å². The van der Waals surface area contributed by atoms with Crippen molar-refractivity contribution in [2.45, 2.75) is 6.04 Å². The molecule has 0 heterocycles. The Balaban J connectivity index is 2.63. The minimum atomic E-state index is -0.872. The third-order valence-electron chi connectivity index (χ3n) is 3.12. The molecule has 1 unspecified atom stereocenters. The SMILES string of the molecule is CNC(c1cc(F)ccc1OC)c1c(F)cc(Br)cc1F. The minimum Gasteiger partial charge on any atom is -0.496 e. The molecule has 0 aromatic heterocycles. The van der Waals surface area contributed by atoms with Crippen molar-refractivity contribution in [1.82, 2.24) is 5.32 Å². The minimum absolute atomic E-state index is 0.190. The number of rotatable bonds is 4. The van der Waals surface area contributed by atoms with E-state index in [1.54, 1.807) is 0 Å². The molecule has 0 aliphatic rings. The molecule has 0 saturated heterocycles. The lowest BCUT2D eigenvalue weighted by Crippen LogP contribution is -2.21. The van der Waals surface area contributed by atoms with Crippen molar-refractivity contribution in [3.8, 4) is 5.75 Å². The van der Waals surface area contributed by atoms with Gasteiger partial charge in [0.2, 0.25) is 0 Å². The smallest absolute Gasteiger partial charge is 0.132 e. The number of ether oxygens (including phenoxy) is 1. The van der Waals surface area contributed by atoms with Crippen molar-refractivity contribution >= 4 is 15.9 Å². The molecular formula is C15H13BrF3NO. The van der Waals surface area contributed by atoms with Crippen LogP contribution in [-0.2, 0) is 0 Å². The van der Waals surface area contributed by atoms with Crippen LogP contribution in [0, 0.1) is 17.5 Å². The molecule has 0 spiro atoms. The van der Waals surface area contributed by atoms with Crippen LogP contribution in [0.1, 0.15) is 17.2 Å². The number of nitrogens with one attached hydrogen (secondary N) is 1. The van der Waals surface area contributed by atoms with Gasteiger partial charge in [-0.2, -0.15) is 0 Å². The molecule has 0 bridgehead atoms. The Morgan fingerprint density at radius 3 is 2.24 bits per heavy atom. The Morgan fingerprint density at radius 2 is 1.71 bits per heavy atom. The van der Waals surface area contributed by atoms with Gasteiger partial charge in [0, 0.05) is 15.6 Å². The first-order valence-corrected chi connectivity index (χ1v) is 6.92. The van der Waals surface area contributed by atoms with Gasteiger partial charge in [-0.3, -0.25) is 0 Å². The van der Waals surface area contributed by atoms with Crippen LogP contribution in [-0.4, -0.2) is 14.2 Å². The molecule has 2 aromatic carbocycles. The van der Waals surface area contributed by atoms with Gasteiger partial charge in [-0.15, -0.1) is 0 Å². The second-order valence-electron chi connectivity index (χ2n) is 4.39. The van der Waals surface area contributed by atoms with Gasteiger partial charge in [0.15, 0.2) is 0 Å². The van der Waals surface area contributed by atoms with Gasteiger partial charge in [-0.1, -0.05) is 15.9 Å². The van der Waals surface area contributed by atoms with Gasteiger partial charge in [0.1, 0.15) is 23.2 Å². The standard InChI is InChI=1S/C15H13BrF3NO/c1-20-15(10-7-9(17)3-4-13(10)21-2)14-11(18)5-8(16)6-12(14)19/h3-7,15,20H,1-2H3. The average molecular weight is 360 g/mol. The molecular weight excluding hydrogens is 347 g/mol. The van der Waals surface area contributed by atoms with Crippen LogP contribution >= 0.6 is 15.9 Å². The predicted octanol–water partition coefficient (Wildman–Crippen LogP) is 4.18. The fourth-order valence-electron chi connectivity index (χ4n) is 2.22. The van der Waals surface area contributed by atoms with Crippen molar-refractivity contribution in [2.75, 3.05) is 14.2 Å². The van der Waals surface area contributed by atoms with E-state index in [0.29, 0.717) is 15.8 Å². The highest BCUT2D eigenvalue weighted by Gasteiger charge is 2.24. The quantitative estimate of drug-likeness (QED) is 0.883. The summed E-state index contributed by atoms with van der Waals surface area (Å²) in [4.78, 5) is 0. The van der Waals surface area contributed by atoms with Crippen LogP contribution in [0.15, 0.2) is 34.8 Å². The van der Waals surface area contributed by atoms with E-state index in [0.717, 1.165) is 12.1 Å². The van der Waals surface area contributed by atoms with Crippen molar-refractivity contribution in [3.63, 3.8) is 0 Å². The van der Waals surface area contributed by atoms with Gasteiger partial charge < -0.3 is 10.1 Å². The molecule has 0 amide bonds. The lowest BCUT2D eigenvalue weighted by molar-refractivity contribution is 0.401. The normalized spacial score (nSPS) is 12.3. The van der Waals surface area contributed by atoms with Crippen LogP contribution < -0.4 is 10.1 Å². The van der Waals surface area contributed by atoms with E-state index in [2.05, 4.69) is 21.2 Å². The molecule has 2 nitrogen and oxygen atoms in total. The van der Waals surface area contributed by atoms with Gasteiger partial charge in [-0.25, -0.2) is 13.2 Å². The molecule has 0 fully saturated rings. The van der Waals surface area contributed by atoms with Gasteiger partial charge in [-0.05, 0) is 37.4 Å². The zero-order chi connectivity index (χ0) is 15.6.